The molecule has 0 amide bonds. The lowest BCUT2D eigenvalue weighted by molar-refractivity contribution is -0.139. The van der Waals surface area contributed by atoms with E-state index < -0.39 is 5.97 Å². The second-order valence-electron chi connectivity index (χ2n) is 5.34. The maximum Gasteiger partial charge on any atom is 0.341 e. The van der Waals surface area contributed by atoms with Crippen LogP contribution in [0.3, 0.4) is 0 Å². The van der Waals surface area contributed by atoms with Crippen LogP contribution in [-0.4, -0.2) is 17.7 Å². The molecule has 0 aliphatic carbocycles. The molecule has 3 rings (SSSR count). The molecule has 3 aromatic rings. The van der Waals surface area contributed by atoms with Crippen molar-refractivity contribution in [2.75, 3.05) is 6.61 Å². The molecule has 1 heterocycles. The van der Waals surface area contributed by atoms with Gasteiger partial charge in [-0.1, -0.05) is 24.3 Å². The molecule has 23 heavy (non-hydrogen) atoms. The smallest absolute Gasteiger partial charge is 0.341 e. The number of carboxylic acid groups (broad SMARTS) is 1. The molecule has 0 unspecified atom stereocenters. The van der Waals surface area contributed by atoms with E-state index in [1.54, 1.807) is 6.26 Å². The third kappa shape index (κ3) is 3.50. The molecule has 0 saturated carbocycles. The zero-order valence-corrected chi connectivity index (χ0v) is 14.7. The number of hydrogen-bond acceptors (Lipinski definition) is 3. The number of rotatable bonds is 5. The van der Waals surface area contributed by atoms with Crippen LogP contribution >= 0.6 is 22.6 Å². The quantitative estimate of drug-likeness (QED) is 0.620. The Hall–Kier alpha value is -2.02. The third-order valence-electron chi connectivity index (χ3n) is 3.58. The summed E-state index contributed by atoms with van der Waals surface area (Å²) in [7, 11) is 0. The topological polar surface area (TPSA) is 59.7 Å². The zero-order chi connectivity index (χ0) is 16.4. The average molecular weight is 422 g/mol. The predicted molar refractivity (Wildman–Crippen MR) is 96.0 cm³/mol. The number of hydrogen-bond donors (Lipinski definition) is 1. The van der Waals surface area contributed by atoms with Crippen LogP contribution in [0.5, 0.6) is 5.75 Å². The number of furan rings is 1. The van der Waals surface area contributed by atoms with Gasteiger partial charge in [0.25, 0.3) is 0 Å². The molecule has 2 aromatic carbocycles. The van der Waals surface area contributed by atoms with Gasteiger partial charge in [-0.05, 0) is 52.8 Å². The van der Waals surface area contributed by atoms with E-state index >= 15 is 0 Å². The number of benzene rings is 2. The number of fused-ring (bicyclic) bond motifs is 1. The van der Waals surface area contributed by atoms with Gasteiger partial charge in [0.15, 0.2) is 6.61 Å². The summed E-state index contributed by atoms with van der Waals surface area (Å²) in [5, 5.41) is 9.86. The molecule has 0 spiro atoms. The van der Waals surface area contributed by atoms with E-state index in [4.69, 9.17) is 14.3 Å². The van der Waals surface area contributed by atoms with Crippen molar-refractivity contribution in [2.24, 2.45) is 0 Å². The molecule has 0 bridgehead atoms. The summed E-state index contributed by atoms with van der Waals surface area (Å²) in [5.41, 5.74) is 4.09. The Bertz CT molecular complexity index is 843. The van der Waals surface area contributed by atoms with Gasteiger partial charge in [0.2, 0.25) is 0 Å². The van der Waals surface area contributed by atoms with Gasteiger partial charge in [-0.2, -0.15) is 0 Å². The fraction of sp³-hybridized carbons (Fsp3) is 0.167. The van der Waals surface area contributed by atoms with Crippen molar-refractivity contribution in [3.8, 4) is 5.75 Å². The van der Waals surface area contributed by atoms with Crippen molar-refractivity contribution in [2.45, 2.75) is 13.3 Å². The van der Waals surface area contributed by atoms with Crippen molar-refractivity contribution in [1.29, 1.82) is 0 Å². The first kappa shape index (κ1) is 15.9. The maximum atomic E-state index is 10.7. The number of aryl methyl sites for hydroxylation is 1. The first-order chi connectivity index (χ1) is 11.0. The fourth-order valence-electron chi connectivity index (χ4n) is 2.61. The largest absolute Gasteiger partial charge is 0.481 e. The molecular weight excluding hydrogens is 407 g/mol. The predicted octanol–water partition coefficient (Wildman–Crippen LogP) is 4.40. The lowest BCUT2D eigenvalue weighted by Gasteiger charge is -2.11. The highest BCUT2D eigenvalue weighted by atomic mass is 127. The number of halogens is 1. The second-order valence-corrected chi connectivity index (χ2v) is 6.50. The number of para-hydroxylation sites is 1. The minimum Gasteiger partial charge on any atom is -0.481 e. The van der Waals surface area contributed by atoms with Crippen molar-refractivity contribution in [3.63, 3.8) is 0 Å². The molecule has 0 aliphatic heterocycles. The number of ether oxygens (including phenoxy) is 1. The Morgan fingerprint density at radius 1 is 1.30 bits per heavy atom. The van der Waals surface area contributed by atoms with Crippen LogP contribution in [0.1, 0.15) is 16.7 Å². The summed E-state index contributed by atoms with van der Waals surface area (Å²) < 4.78 is 11.9. The molecule has 1 N–H and O–H groups in total. The number of carbonyl (C=O) groups is 1. The summed E-state index contributed by atoms with van der Waals surface area (Å²) in [6.45, 7) is 1.60. The lowest BCUT2D eigenvalue weighted by Crippen LogP contribution is -2.11. The van der Waals surface area contributed by atoms with Crippen molar-refractivity contribution in [1.82, 2.24) is 0 Å². The molecule has 0 fully saturated rings. The SMILES string of the molecule is Cc1cc(Cc2coc3ccccc23)cc(I)c1OCC(=O)O. The summed E-state index contributed by atoms with van der Waals surface area (Å²) >= 11 is 2.18. The van der Waals surface area contributed by atoms with Crippen LogP contribution < -0.4 is 4.74 Å². The van der Waals surface area contributed by atoms with Gasteiger partial charge in [-0.3, -0.25) is 0 Å². The van der Waals surface area contributed by atoms with Crippen LogP contribution in [-0.2, 0) is 11.2 Å². The molecular formula is C18H15IO4. The van der Waals surface area contributed by atoms with E-state index in [1.165, 1.54) is 0 Å². The highest BCUT2D eigenvalue weighted by molar-refractivity contribution is 14.1. The van der Waals surface area contributed by atoms with Gasteiger partial charge in [0.05, 0.1) is 9.83 Å². The standard InChI is InChI=1S/C18H15IO4/c1-11-6-12(8-15(19)18(11)23-10-17(20)21)7-13-9-22-16-5-3-2-4-14(13)16/h2-6,8-9H,7,10H2,1H3,(H,20,21). The van der Waals surface area contributed by atoms with E-state index in [0.717, 1.165) is 37.7 Å². The Morgan fingerprint density at radius 3 is 2.83 bits per heavy atom. The van der Waals surface area contributed by atoms with Crippen LogP contribution in [0.2, 0.25) is 0 Å². The molecule has 118 valence electrons. The molecule has 5 heteroatoms. The van der Waals surface area contributed by atoms with Crippen molar-refractivity contribution >= 4 is 39.5 Å². The van der Waals surface area contributed by atoms with E-state index in [9.17, 15) is 4.79 Å². The lowest BCUT2D eigenvalue weighted by atomic mass is 10.0. The normalized spacial score (nSPS) is 10.9. The Kier molecular flexibility index (Phi) is 4.56. The second kappa shape index (κ2) is 6.62. The van der Waals surface area contributed by atoms with Crippen LogP contribution in [0.4, 0.5) is 0 Å². The van der Waals surface area contributed by atoms with Gasteiger partial charge >= 0.3 is 5.97 Å². The monoisotopic (exact) mass is 422 g/mol. The van der Waals surface area contributed by atoms with Gasteiger partial charge in [0, 0.05) is 17.4 Å². The molecule has 0 radical (unpaired) electrons. The van der Waals surface area contributed by atoms with Crippen LogP contribution in [0.15, 0.2) is 47.1 Å². The molecule has 1 aromatic heterocycles. The summed E-state index contributed by atoms with van der Waals surface area (Å²) in [6, 6.07) is 12.0. The average Bonchev–Trinajstić information content (AvgIpc) is 2.89. The van der Waals surface area contributed by atoms with Gasteiger partial charge in [-0.25, -0.2) is 4.79 Å². The summed E-state index contributed by atoms with van der Waals surface area (Å²) in [4.78, 5) is 10.7. The van der Waals surface area contributed by atoms with Crippen LogP contribution in [0.25, 0.3) is 11.0 Å². The molecule has 0 saturated heterocycles. The summed E-state index contributed by atoms with van der Waals surface area (Å²) in [5.74, 6) is -0.344. The Labute approximate surface area is 147 Å². The third-order valence-corrected chi connectivity index (χ3v) is 4.39. The van der Waals surface area contributed by atoms with Crippen molar-refractivity contribution < 1.29 is 19.1 Å². The first-order valence-electron chi connectivity index (χ1n) is 7.13. The van der Waals surface area contributed by atoms with Gasteiger partial charge in [-0.15, -0.1) is 0 Å². The highest BCUT2D eigenvalue weighted by Crippen LogP contribution is 2.29. The summed E-state index contributed by atoms with van der Waals surface area (Å²) in [6.07, 6.45) is 2.55. The fourth-order valence-corrected chi connectivity index (χ4v) is 3.59. The van der Waals surface area contributed by atoms with Gasteiger partial charge < -0.3 is 14.3 Å². The Morgan fingerprint density at radius 2 is 2.09 bits per heavy atom. The Balaban J connectivity index is 1.88. The van der Waals surface area contributed by atoms with E-state index in [0.29, 0.717) is 5.75 Å². The molecule has 0 aliphatic rings. The minimum absolute atomic E-state index is 0.331. The van der Waals surface area contributed by atoms with Crippen molar-refractivity contribution in [3.05, 3.63) is 62.9 Å². The minimum atomic E-state index is -0.978. The van der Waals surface area contributed by atoms with Crippen LogP contribution in [0, 0.1) is 10.5 Å². The molecule has 0 atom stereocenters. The van der Waals surface area contributed by atoms with E-state index in [2.05, 4.69) is 28.7 Å². The maximum absolute atomic E-state index is 10.7. The highest BCUT2D eigenvalue weighted by Gasteiger charge is 2.12. The number of carboxylic acids is 1. The molecule has 4 nitrogen and oxygen atoms in total. The zero-order valence-electron chi connectivity index (χ0n) is 12.5. The number of aliphatic carboxylic acids is 1. The van der Waals surface area contributed by atoms with Gasteiger partial charge in [0.1, 0.15) is 11.3 Å². The van der Waals surface area contributed by atoms with E-state index in [1.807, 2.05) is 37.3 Å². The first-order valence-corrected chi connectivity index (χ1v) is 8.21. The van der Waals surface area contributed by atoms with E-state index in [-0.39, 0.29) is 6.61 Å².